The number of hydrogen-bond acceptors (Lipinski definition) is 3. The molecule has 2 heterocycles. The second kappa shape index (κ2) is 8.66. The Hall–Kier alpha value is -2.11. The first-order valence-corrected chi connectivity index (χ1v) is 9.10. The number of aromatic nitrogens is 3. The lowest BCUT2D eigenvalue weighted by atomic mass is 10.0. The first-order chi connectivity index (χ1) is 11.9. The van der Waals surface area contributed by atoms with Gasteiger partial charge in [-0.3, -0.25) is 9.39 Å². The zero-order chi connectivity index (χ0) is 16.6. The van der Waals surface area contributed by atoms with Crippen molar-refractivity contribution >= 4 is 11.6 Å². The zero-order valence-corrected chi connectivity index (χ0v) is 14.5. The fourth-order valence-corrected chi connectivity index (χ4v) is 3.47. The zero-order valence-electron chi connectivity index (χ0n) is 14.5. The molecule has 6 nitrogen and oxygen atoms in total. The summed E-state index contributed by atoms with van der Waals surface area (Å²) in [5, 5.41) is 15.2. The summed E-state index contributed by atoms with van der Waals surface area (Å²) in [4.78, 5) is 4.29. The lowest BCUT2D eigenvalue weighted by molar-refractivity contribution is 0.481. The van der Waals surface area contributed by atoms with Crippen LogP contribution in [0.3, 0.4) is 0 Å². The molecule has 130 valence electrons. The Labute approximate surface area is 143 Å². The maximum atomic E-state index is 4.29. The van der Waals surface area contributed by atoms with Crippen molar-refractivity contribution in [3.63, 3.8) is 0 Å². The summed E-state index contributed by atoms with van der Waals surface area (Å²) in [5.41, 5.74) is 0.891. The van der Waals surface area contributed by atoms with E-state index in [2.05, 4.69) is 25.8 Å². The molecule has 0 saturated heterocycles. The molecule has 0 unspecified atom stereocenters. The van der Waals surface area contributed by atoms with Crippen LogP contribution in [-0.2, 0) is 6.42 Å². The van der Waals surface area contributed by atoms with Gasteiger partial charge in [-0.05, 0) is 30.9 Å². The van der Waals surface area contributed by atoms with Crippen LogP contribution in [0.1, 0.15) is 44.3 Å². The van der Waals surface area contributed by atoms with Gasteiger partial charge in [0.05, 0.1) is 0 Å². The molecule has 3 rings (SSSR count). The molecule has 6 heteroatoms. The van der Waals surface area contributed by atoms with E-state index in [1.54, 1.807) is 0 Å². The molecule has 0 radical (unpaired) electrons. The topological polar surface area (TPSA) is 66.6 Å². The van der Waals surface area contributed by atoms with Gasteiger partial charge in [0.15, 0.2) is 11.6 Å². The number of fused-ring (bicyclic) bond motifs is 1. The SMILES string of the molecule is CN=C(NCCCC1CCCC1)NCCc1nnc2ccccn12. The molecule has 2 N–H and O–H groups in total. The van der Waals surface area contributed by atoms with Gasteiger partial charge in [0.1, 0.15) is 5.82 Å². The van der Waals surface area contributed by atoms with Crippen molar-refractivity contribution in [2.75, 3.05) is 20.1 Å². The summed E-state index contributed by atoms with van der Waals surface area (Å²) < 4.78 is 2.03. The summed E-state index contributed by atoms with van der Waals surface area (Å²) in [6, 6.07) is 5.94. The van der Waals surface area contributed by atoms with Crippen molar-refractivity contribution in [3.8, 4) is 0 Å². The van der Waals surface area contributed by atoms with Crippen LogP contribution in [-0.4, -0.2) is 40.7 Å². The van der Waals surface area contributed by atoms with Crippen molar-refractivity contribution in [1.29, 1.82) is 0 Å². The molecule has 24 heavy (non-hydrogen) atoms. The normalized spacial score (nSPS) is 16.0. The third-order valence-corrected chi connectivity index (χ3v) is 4.81. The number of rotatable bonds is 7. The molecule has 0 aromatic carbocycles. The summed E-state index contributed by atoms with van der Waals surface area (Å²) >= 11 is 0. The van der Waals surface area contributed by atoms with E-state index < -0.39 is 0 Å². The van der Waals surface area contributed by atoms with Crippen LogP contribution >= 0.6 is 0 Å². The quantitative estimate of drug-likeness (QED) is 0.465. The van der Waals surface area contributed by atoms with Crippen LogP contribution < -0.4 is 10.6 Å². The second-order valence-corrected chi connectivity index (χ2v) is 6.51. The monoisotopic (exact) mass is 328 g/mol. The average Bonchev–Trinajstić information content (AvgIpc) is 3.27. The molecule has 0 aliphatic heterocycles. The molecule has 1 fully saturated rings. The minimum Gasteiger partial charge on any atom is -0.356 e. The van der Waals surface area contributed by atoms with Crippen molar-refractivity contribution in [3.05, 3.63) is 30.2 Å². The van der Waals surface area contributed by atoms with E-state index in [9.17, 15) is 0 Å². The Balaban J connectivity index is 1.36. The van der Waals surface area contributed by atoms with E-state index in [-0.39, 0.29) is 0 Å². The van der Waals surface area contributed by atoms with Gasteiger partial charge in [0.2, 0.25) is 0 Å². The van der Waals surface area contributed by atoms with Crippen LogP contribution in [0.2, 0.25) is 0 Å². The minimum absolute atomic E-state index is 0.790. The molecule has 0 atom stereocenters. The smallest absolute Gasteiger partial charge is 0.190 e. The molecule has 2 aromatic heterocycles. The van der Waals surface area contributed by atoms with Gasteiger partial charge in [0.25, 0.3) is 0 Å². The maximum absolute atomic E-state index is 4.29. The number of pyridine rings is 1. The first-order valence-electron chi connectivity index (χ1n) is 9.10. The molecule has 2 aromatic rings. The average molecular weight is 328 g/mol. The van der Waals surface area contributed by atoms with Gasteiger partial charge in [-0.2, -0.15) is 0 Å². The van der Waals surface area contributed by atoms with Crippen LogP contribution in [0.4, 0.5) is 0 Å². The molecular weight excluding hydrogens is 300 g/mol. The Morgan fingerprint density at radius 1 is 1.21 bits per heavy atom. The Morgan fingerprint density at radius 3 is 2.88 bits per heavy atom. The first kappa shape index (κ1) is 16.7. The predicted molar refractivity (Wildman–Crippen MR) is 97.2 cm³/mol. The number of guanidine groups is 1. The number of nitrogens with zero attached hydrogens (tertiary/aromatic N) is 4. The lowest BCUT2D eigenvalue weighted by Gasteiger charge is -2.13. The summed E-state index contributed by atoms with van der Waals surface area (Å²) in [7, 11) is 1.82. The van der Waals surface area contributed by atoms with E-state index in [1.165, 1.54) is 38.5 Å². The third kappa shape index (κ3) is 4.46. The van der Waals surface area contributed by atoms with Crippen molar-refractivity contribution in [1.82, 2.24) is 25.2 Å². The van der Waals surface area contributed by atoms with Gasteiger partial charge in [-0.1, -0.05) is 31.7 Å². The van der Waals surface area contributed by atoms with Crippen molar-refractivity contribution in [2.45, 2.75) is 44.9 Å². The summed E-state index contributed by atoms with van der Waals surface area (Å²) in [5.74, 6) is 2.80. The summed E-state index contributed by atoms with van der Waals surface area (Å²) in [6.45, 7) is 1.78. The molecule has 0 amide bonds. The van der Waals surface area contributed by atoms with Gasteiger partial charge in [0, 0.05) is 32.8 Å². The Morgan fingerprint density at radius 2 is 2.04 bits per heavy atom. The van der Waals surface area contributed by atoms with Gasteiger partial charge in [-0.25, -0.2) is 0 Å². The second-order valence-electron chi connectivity index (χ2n) is 6.51. The summed E-state index contributed by atoms with van der Waals surface area (Å²) in [6.07, 6.45) is 11.1. The maximum Gasteiger partial charge on any atom is 0.190 e. The van der Waals surface area contributed by atoms with Gasteiger partial charge >= 0.3 is 0 Å². The highest BCUT2D eigenvalue weighted by molar-refractivity contribution is 5.79. The van der Waals surface area contributed by atoms with Gasteiger partial charge < -0.3 is 10.6 Å². The van der Waals surface area contributed by atoms with E-state index in [4.69, 9.17) is 0 Å². The van der Waals surface area contributed by atoms with Crippen LogP contribution in [0.5, 0.6) is 0 Å². The van der Waals surface area contributed by atoms with E-state index in [0.717, 1.165) is 42.9 Å². The highest BCUT2D eigenvalue weighted by atomic mass is 15.2. The lowest BCUT2D eigenvalue weighted by Crippen LogP contribution is -2.39. The van der Waals surface area contributed by atoms with Gasteiger partial charge in [-0.15, -0.1) is 10.2 Å². The Kier molecular flexibility index (Phi) is 6.04. The fraction of sp³-hybridized carbons (Fsp3) is 0.611. The fourth-order valence-electron chi connectivity index (χ4n) is 3.47. The largest absolute Gasteiger partial charge is 0.356 e. The third-order valence-electron chi connectivity index (χ3n) is 4.81. The van der Waals surface area contributed by atoms with E-state index >= 15 is 0 Å². The molecule has 1 aliphatic carbocycles. The Bertz CT molecular complexity index is 656. The van der Waals surface area contributed by atoms with Crippen LogP contribution in [0.25, 0.3) is 5.65 Å². The minimum atomic E-state index is 0.790. The molecule has 1 saturated carbocycles. The number of nitrogens with one attached hydrogen (secondary N) is 2. The van der Waals surface area contributed by atoms with Crippen LogP contribution in [0.15, 0.2) is 29.4 Å². The highest BCUT2D eigenvalue weighted by Gasteiger charge is 2.14. The van der Waals surface area contributed by atoms with Crippen molar-refractivity contribution in [2.24, 2.45) is 10.9 Å². The molecule has 0 spiro atoms. The van der Waals surface area contributed by atoms with E-state index in [1.807, 2.05) is 35.8 Å². The number of aliphatic imine (C=N–C) groups is 1. The molecule has 0 bridgehead atoms. The highest BCUT2D eigenvalue weighted by Crippen LogP contribution is 2.28. The molecule has 1 aliphatic rings. The standard InChI is InChI=1S/C18H28N6/c1-19-18(20-12-6-9-15-7-2-3-8-15)21-13-11-17-23-22-16-10-4-5-14-24(16)17/h4-5,10,14-15H,2-3,6-9,11-13H2,1H3,(H2,19,20,21). The van der Waals surface area contributed by atoms with E-state index in [0.29, 0.717) is 0 Å². The number of hydrogen-bond donors (Lipinski definition) is 2. The molecular formula is C18H28N6. The predicted octanol–water partition coefficient (Wildman–Crippen LogP) is 2.41. The van der Waals surface area contributed by atoms with Crippen LogP contribution in [0, 0.1) is 5.92 Å². The van der Waals surface area contributed by atoms with Crippen molar-refractivity contribution < 1.29 is 0 Å².